The number of aliphatic hydroxyl groups excluding tert-OH is 1. The highest BCUT2D eigenvalue weighted by molar-refractivity contribution is 5.91. The molecule has 0 saturated carbocycles. The summed E-state index contributed by atoms with van der Waals surface area (Å²) in [5.74, 6) is -0.0770. The van der Waals surface area contributed by atoms with E-state index in [9.17, 15) is 9.90 Å². The van der Waals surface area contributed by atoms with Crippen LogP contribution in [-0.2, 0) is 9.53 Å². The molecule has 1 amide bonds. The number of ether oxygens (including phenoxy) is 1. The summed E-state index contributed by atoms with van der Waals surface area (Å²) in [6, 6.07) is 6.96. The first-order chi connectivity index (χ1) is 8.04. The summed E-state index contributed by atoms with van der Waals surface area (Å²) in [7, 11) is 0. The molecule has 1 unspecified atom stereocenters. The predicted molar refractivity (Wildman–Crippen MR) is 66.5 cm³/mol. The maximum Gasteiger partial charge on any atom is 0.226 e. The summed E-state index contributed by atoms with van der Waals surface area (Å²) in [6.45, 7) is 5.94. The second kappa shape index (κ2) is 6.37. The van der Waals surface area contributed by atoms with Gasteiger partial charge in [-0.3, -0.25) is 4.79 Å². The minimum absolute atomic E-state index is 0.0249. The molecule has 1 rings (SSSR count). The van der Waals surface area contributed by atoms with Gasteiger partial charge in [-0.25, -0.2) is 0 Å². The van der Waals surface area contributed by atoms with Crippen LogP contribution in [0.2, 0.25) is 0 Å². The van der Waals surface area contributed by atoms with Crippen LogP contribution in [0.15, 0.2) is 24.3 Å². The van der Waals surface area contributed by atoms with E-state index in [1.54, 1.807) is 24.3 Å². The van der Waals surface area contributed by atoms with E-state index < -0.39 is 6.29 Å². The number of hydrogen-bond acceptors (Lipinski definition) is 3. The minimum atomic E-state index is -0.908. The van der Waals surface area contributed by atoms with Crippen LogP contribution in [0.4, 0.5) is 5.69 Å². The maximum atomic E-state index is 11.4. The highest BCUT2D eigenvalue weighted by atomic mass is 16.6. The van der Waals surface area contributed by atoms with Crippen LogP contribution < -0.4 is 5.32 Å². The Morgan fingerprint density at radius 2 is 1.94 bits per heavy atom. The average Bonchev–Trinajstić information content (AvgIpc) is 2.30. The first-order valence-corrected chi connectivity index (χ1v) is 5.75. The van der Waals surface area contributed by atoms with Gasteiger partial charge in [0.05, 0.1) is 0 Å². The molecular formula is C13H19NO3. The fourth-order valence-corrected chi connectivity index (χ4v) is 1.27. The Labute approximate surface area is 102 Å². The van der Waals surface area contributed by atoms with Crippen molar-refractivity contribution >= 4 is 11.6 Å². The largest absolute Gasteiger partial charge is 0.364 e. The number of rotatable bonds is 5. The fourth-order valence-electron chi connectivity index (χ4n) is 1.27. The molecule has 94 valence electrons. The number of aliphatic hydroxyl groups is 1. The van der Waals surface area contributed by atoms with Crippen molar-refractivity contribution < 1.29 is 14.6 Å². The van der Waals surface area contributed by atoms with E-state index in [4.69, 9.17) is 4.74 Å². The molecule has 0 saturated heterocycles. The standard InChI is InChI=1S/C13H19NO3/c1-4-17-13(16)10-5-7-11(8-6-10)14-12(15)9(2)3/h5-9,13,16H,4H2,1-3H3,(H,14,15). The number of carbonyl (C=O) groups excluding carboxylic acids is 1. The van der Waals surface area contributed by atoms with Gasteiger partial charge < -0.3 is 15.2 Å². The van der Waals surface area contributed by atoms with E-state index >= 15 is 0 Å². The van der Waals surface area contributed by atoms with Crippen LogP contribution in [-0.4, -0.2) is 17.6 Å². The van der Waals surface area contributed by atoms with Crippen LogP contribution in [0, 0.1) is 5.92 Å². The zero-order valence-corrected chi connectivity index (χ0v) is 10.4. The third-order valence-electron chi connectivity index (χ3n) is 2.31. The Balaban J connectivity index is 2.65. The van der Waals surface area contributed by atoms with Crippen LogP contribution in [0.1, 0.15) is 32.6 Å². The van der Waals surface area contributed by atoms with Gasteiger partial charge in [0.1, 0.15) is 0 Å². The number of nitrogens with one attached hydrogen (secondary N) is 1. The molecule has 0 aromatic heterocycles. The molecule has 0 aliphatic heterocycles. The fraction of sp³-hybridized carbons (Fsp3) is 0.462. The number of carbonyl (C=O) groups is 1. The van der Waals surface area contributed by atoms with Gasteiger partial charge in [0.25, 0.3) is 0 Å². The van der Waals surface area contributed by atoms with Gasteiger partial charge in [-0.1, -0.05) is 26.0 Å². The molecule has 1 aromatic rings. The summed E-state index contributed by atoms with van der Waals surface area (Å²) >= 11 is 0. The molecule has 17 heavy (non-hydrogen) atoms. The molecule has 0 heterocycles. The number of hydrogen-bond donors (Lipinski definition) is 2. The molecule has 0 spiro atoms. The summed E-state index contributed by atoms with van der Waals surface area (Å²) in [5.41, 5.74) is 1.39. The lowest BCUT2D eigenvalue weighted by Crippen LogP contribution is -2.17. The molecular weight excluding hydrogens is 218 g/mol. The van der Waals surface area contributed by atoms with Crippen molar-refractivity contribution in [1.82, 2.24) is 0 Å². The van der Waals surface area contributed by atoms with Gasteiger partial charge in [-0.05, 0) is 19.1 Å². The van der Waals surface area contributed by atoms with E-state index in [-0.39, 0.29) is 11.8 Å². The van der Waals surface area contributed by atoms with E-state index in [0.29, 0.717) is 12.2 Å². The molecule has 0 bridgehead atoms. The van der Waals surface area contributed by atoms with Gasteiger partial charge in [0, 0.05) is 23.8 Å². The molecule has 1 atom stereocenters. The van der Waals surface area contributed by atoms with Gasteiger partial charge in [-0.15, -0.1) is 0 Å². The lowest BCUT2D eigenvalue weighted by molar-refractivity contribution is -0.118. The van der Waals surface area contributed by atoms with E-state index in [1.807, 2.05) is 20.8 Å². The second-order valence-corrected chi connectivity index (χ2v) is 4.07. The monoisotopic (exact) mass is 237 g/mol. The third-order valence-corrected chi connectivity index (χ3v) is 2.31. The predicted octanol–water partition coefficient (Wildman–Crippen LogP) is 2.31. The zero-order valence-electron chi connectivity index (χ0n) is 10.4. The van der Waals surface area contributed by atoms with Gasteiger partial charge in [-0.2, -0.15) is 0 Å². The number of amides is 1. The van der Waals surface area contributed by atoms with E-state index in [2.05, 4.69) is 5.32 Å². The average molecular weight is 237 g/mol. The number of benzene rings is 1. The Bertz CT molecular complexity index is 359. The first kappa shape index (κ1) is 13.7. The summed E-state index contributed by atoms with van der Waals surface area (Å²) < 4.78 is 5.06. The first-order valence-electron chi connectivity index (χ1n) is 5.75. The molecule has 0 aliphatic carbocycles. The van der Waals surface area contributed by atoms with Crippen molar-refractivity contribution in [3.05, 3.63) is 29.8 Å². The van der Waals surface area contributed by atoms with Crippen LogP contribution >= 0.6 is 0 Å². The maximum absolute atomic E-state index is 11.4. The second-order valence-electron chi connectivity index (χ2n) is 4.07. The van der Waals surface area contributed by atoms with Crippen molar-refractivity contribution in [3.63, 3.8) is 0 Å². The molecule has 0 radical (unpaired) electrons. The lowest BCUT2D eigenvalue weighted by atomic mass is 10.1. The van der Waals surface area contributed by atoms with Crippen molar-refractivity contribution in [3.8, 4) is 0 Å². The van der Waals surface area contributed by atoms with Crippen molar-refractivity contribution in [2.75, 3.05) is 11.9 Å². The molecule has 1 aromatic carbocycles. The summed E-state index contributed by atoms with van der Waals surface area (Å²) in [4.78, 5) is 11.4. The smallest absolute Gasteiger partial charge is 0.226 e. The highest BCUT2D eigenvalue weighted by Gasteiger charge is 2.09. The topological polar surface area (TPSA) is 58.6 Å². The van der Waals surface area contributed by atoms with Gasteiger partial charge in [0.2, 0.25) is 5.91 Å². The van der Waals surface area contributed by atoms with Crippen LogP contribution in [0.25, 0.3) is 0 Å². The Morgan fingerprint density at radius 3 is 2.41 bits per heavy atom. The van der Waals surface area contributed by atoms with Gasteiger partial charge in [0.15, 0.2) is 6.29 Å². The minimum Gasteiger partial charge on any atom is -0.364 e. The van der Waals surface area contributed by atoms with Gasteiger partial charge >= 0.3 is 0 Å². The molecule has 0 fully saturated rings. The molecule has 2 N–H and O–H groups in total. The van der Waals surface area contributed by atoms with E-state index in [1.165, 1.54) is 0 Å². The Kier molecular flexibility index (Phi) is 5.12. The summed E-state index contributed by atoms with van der Waals surface area (Å²) in [5, 5.41) is 12.4. The Hall–Kier alpha value is -1.39. The van der Waals surface area contributed by atoms with Crippen LogP contribution in [0.5, 0.6) is 0 Å². The number of anilines is 1. The van der Waals surface area contributed by atoms with Crippen molar-refractivity contribution in [2.24, 2.45) is 5.92 Å². The quantitative estimate of drug-likeness (QED) is 0.772. The summed E-state index contributed by atoms with van der Waals surface area (Å²) in [6.07, 6.45) is -0.908. The highest BCUT2D eigenvalue weighted by Crippen LogP contribution is 2.17. The molecule has 4 heteroatoms. The normalized spacial score (nSPS) is 12.5. The lowest BCUT2D eigenvalue weighted by Gasteiger charge is -2.12. The van der Waals surface area contributed by atoms with Crippen molar-refractivity contribution in [2.45, 2.75) is 27.1 Å². The molecule has 4 nitrogen and oxygen atoms in total. The molecule has 0 aliphatic rings. The van der Waals surface area contributed by atoms with Crippen molar-refractivity contribution in [1.29, 1.82) is 0 Å². The van der Waals surface area contributed by atoms with E-state index in [0.717, 1.165) is 5.69 Å². The van der Waals surface area contributed by atoms with Crippen LogP contribution in [0.3, 0.4) is 0 Å². The third kappa shape index (κ3) is 4.17. The zero-order chi connectivity index (χ0) is 12.8. The Morgan fingerprint density at radius 1 is 1.35 bits per heavy atom. The SMILES string of the molecule is CCOC(O)c1ccc(NC(=O)C(C)C)cc1.